The van der Waals surface area contributed by atoms with Crippen LogP contribution in [-0.2, 0) is 9.53 Å². The second-order valence-corrected chi connectivity index (χ2v) is 4.69. The topological polar surface area (TPSA) is 64.3 Å². The number of amides is 1. The van der Waals surface area contributed by atoms with Gasteiger partial charge in [0.25, 0.3) is 0 Å². The standard InChI is InChI=1S/C11H24N2O2/c1-5-15-8-6-7-13-10(14)9(12)11(2,3)4/h9H,5-8,12H2,1-4H3,(H,13,14)/t9-/m1/s1. The van der Waals surface area contributed by atoms with Crippen molar-refractivity contribution in [1.29, 1.82) is 0 Å². The van der Waals surface area contributed by atoms with E-state index < -0.39 is 6.04 Å². The largest absolute Gasteiger partial charge is 0.382 e. The van der Waals surface area contributed by atoms with Crippen LogP contribution in [0.4, 0.5) is 0 Å². The number of rotatable bonds is 6. The van der Waals surface area contributed by atoms with Crippen molar-refractivity contribution < 1.29 is 9.53 Å². The van der Waals surface area contributed by atoms with Crippen molar-refractivity contribution in [3.05, 3.63) is 0 Å². The first-order valence-electron chi connectivity index (χ1n) is 5.50. The first kappa shape index (κ1) is 14.4. The molecule has 0 heterocycles. The third-order valence-electron chi connectivity index (χ3n) is 2.18. The van der Waals surface area contributed by atoms with E-state index in [1.807, 2.05) is 27.7 Å². The van der Waals surface area contributed by atoms with E-state index in [4.69, 9.17) is 10.5 Å². The van der Waals surface area contributed by atoms with Crippen LogP contribution in [0.25, 0.3) is 0 Å². The Balaban J connectivity index is 3.66. The number of nitrogens with two attached hydrogens (primary N) is 1. The third kappa shape index (κ3) is 6.47. The molecule has 1 amide bonds. The van der Waals surface area contributed by atoms with Crippen molar-refractivity contribution in [1.82, 2.24) is 5.32 Å². The zero-order valence-electron chi connectivity index (χ0n) is 10.3. The second-order valence-electron chi connectivity index (χ2n) is 4.69. The Morgan fingerprint density at radius 1 is 1.47 bits per heavy atom. The van der Waals surface area contributed by atoms with E-state index in [9.17, 15) is 4.79 Å². The number of carbonyl (C=O) groups is 1. The number of ether oxygens (including phenoxy) is 1. The van der Waals surface area contributed by atoms with Gasteiger partial charge in [-0.3, -0.25) is 4.79 Å². The van der Waals surface area contributed by atoms with Crippen LogP contribution in [0.2, 0.25) is 0 Å². The maximum atomic E-state index is 11.5. The zero-order valence-corrected chi connectivity index (χ0v) is 10.3. The minimum Gasteiger partial charge on any atom is -0.382 e. The highest BCUT2D eigenvalue weighted by Gasteiger charge is 2.26. The molecule has 90 valence electrons. The molecular formula is C11H24N2O2. The molecule has 0 spiro atoms. The van der Waals surface area contributed by atoms with Crippen molar-refractivity contribution in [2.45, 2.75) is 40.2 Å². The van der Waals surface area contributed by atoms with Crippen LogP contribution in [0.1, 0.15) is 34.1 Å². The normalized spacial score (nSPS) is 13.7. The van der Waals surface area contributed by atoms with E-state index in [1.54, 1.807) is 0 Å². The van der Waals surface area contributed by atoms with Crippen molar-refractivity contribution in [3.8, 4) is 0 Å². The highest BCUT2D eigenvalue weighted by molar-refractivity contribution is 5.82. The molecule has 0 aliphatic carbocycles. The number of carbonyl (C=O) groups excluding carboxylic acids is 1. The molecule has 0 aliphatic rings. The van der Waals surface area contributed by atoms with Gasteiger partial charge in [-0.15, -0.1) is 0 Å². The monoisotopic (exact) mass is 216 g/mol. The smallest absolute Gasteiger partial charge is 0.237 e. The zero-order chi connectivity index (χ0) is 11.9. The van der Waals surface area contributed by atoms with Gasteiger partial charge in [0.15, 0.2) is 0 Å². The maximum absolute atomic E-state index is 11.5. The molecule has 0 aliphatic heterocycles. The molecular weight excluding hydrogens is 192 g/mol. The van der Waals surface area contributed by atoms with Crippen molar-refractivity contribution in [2.75, 3.05) is 19.8 Å². The van der Waals surface area contributed by atoms with E-state index in [1.165, 1.54) is 0 Å². The summed E-state index contributed by atoms with van der Waals surface area (Å²) in [6, 6.07) is -0.454. The fourth-order valence-corrected chi connectivity index (χ4v) is 1.03. The quantitative estimate of drug-likeness (QED) is 0.648. The predicted octanol–water partition coefficient (Wildman–Crippen LogP) is 0.903. The van der Waals surface area contributed by atoms with Gasteiger partial charge < -0.3 is 15.8 Å². The second kappa shape index (κ2) is 6.80. The van der Waals surface area contributed by atoms with E-state index in [-0.39, 0.29) is 11.3 Å². The Labute approximate surface area is 92.6 Å². The molecule has 4 heteroatoms. The molecule has 0 rings (SSSR count). The Bertz CT molecular complexity index is 188. The van der Waals surface area contributed by atoms with Crippen molar-refractivity contribution >= 4 is 5.91 Å². The van der Waals surface area contributed by atoms with Gasteiger partial charge in [-0.25, -0.2) is 0 Å². The van der Waals surface area contributed by atoms with Gasteiger partial charge in [-0.1, -0.05) is 20.8 Å². The van der Waals surface area contributed by atoms with E-state index >= 15 is 0 Å². The fraction of sp³-hybridized carbons (Fsp3) is 0.909. The van der Waals surface area contributed by atoms with E-state index in [2.05, 4.69) is 5.32 Å². The lowest BCUT2D eigenvalue weighted by Gasteiger charge is -2.25. The lowest BCUT2D eigenvalue weighted by atomic mass is 9.87. The van der Waals surface area contributed by atoms with Crippen molar-refractivity contribution in [2.24, 2.45) is 11.1 Å². The average Bonchev–Trinajstić information content (AvgIpc) is 2.14. The van der Waals surface area contributed by atoms with Crippen LogP contribution in [0, 0.1) is 5.41 Å². The molecule has 3 N–H and O–H groups in total. The van der Waals surface area contributed by atoms with Gasteiger partial charge >= 0.3 is 0 Å². The highest BCUT2D eigenvalue weighted by atomic mass is 16.5. The molecule has 0 unspecified atom stereocenters. The summed E-state index contributed by atoms with van der Waals surface area (Å²) in [5.74, 6) is -0.0843. The molecule has 0 aromatic carbocycles. The summed E-state index contributed by atoms with van der Waals surface area (Å²) in [6.07, 6.45) is 0.830. The SMILES string of the molecule is CCOCCCNC(=O)[C@@H](N)C(C)(C)C. The van der Waals surface area contributed by atoms with Crippen LogP contribution >= 0.6 is 0 Å². The maximum Gasteiger partial charge on any atom is 0.237 e. The number of nitrogens with one attached hydrogen (secondary N) is 1. The summed E-state index contributed by atoms with van der Waals surface area (Å²) >= 11 is 0. The Morgan fingerprint density at radius 2 is 2.07 bits per heavy atom. The van der Waals surface area contributed by atoms with Gasteiger partial charge in [0.1, 0.15) is 0 Å². The molecule has 0 fully saturated rings. The van der Waals surface area contributed by atoms with Crippen LogP contribution in [0.15, 0.2) is 0 Å². The minimum atomic E-state index is -0.454. The van der Waals surface area contributed by atoms with Crippen molar-refractivity contribution in [3.63, 3.8) is 0 Å². The van der Waals surface area contributed by atoms with Crippen LogP contribution in [-0.4, -0.2) is 31.7 Å². The summed E-state index contributed by atoms with van der Waals surface area (Å²) in [6.45, 7) is 9.85. The summed E-state index contributed by atoms with van der Waals surface area (Å²) in [5, 5.41) is 2.80. The van der Waals surface area contributed by atoms with Crippen LogP contribution in [0.5, 0.6) is 0 Å². The molecule has 15 heavy (non-hydrogen) atoms. The molecule has 0 saturated carbocycles. The summed E-state index contributed by atoms with van der Waals surface area (Å²) in [4.78, 5) is 11.5. The number of hydrogen-bond donors (Lipinski definition) is 2. The van der Waals surface area contributed by atoms with Crippen LogP contribution < -0.4 is 11.1 Å². The first-order valence-corrected chi connectivity index (χ1v) is 5.50. The molecule has 0 aromatic rings. The molecule has 0 radical (unpaired) electrons. The molecule has 0 aromatic heterocycles. The molecule has 0 saturated heterocycles. The Hall–Kier alpha value is -0.610. The van der Waals surface area contributed by atoms with Gasteiger partial charge in [0, 0.05) is 19.8 Å². The van der Waals surface area contributed by atoms with E-state index in [0.29, 0.717) is 13.2 Å². The van der Waals surface area contributed by atoms with Gasteiger partial charge in [0.2, 0.25) is 5.91 Å². The fourth-order valence-electron chi connectivity index (χ4n) is 1.03. The first-order chi connectivity index (χ1) is 6.89. The summed E-state index contributed by atoms with van der Waals surface area (Å²) < 4.78 is 5.16. The van der Waals surface area contributed by atoms with Gasteiger partial charge in [0.05, 0.1) is 6.04 Å². The molecule has 0 bridgehead atoms. The molecule has 1 atom stereocenters. The predicted molar refractivity (Wildman–Crippen MR) is 61.6 cm³/mol. The Morgan fingerprint density at radius 3 is 2.53 bits per heavy atom. The minimum absolute atomic E-state index is 0.0843. The van der Waals surface area contributed by atoms with Gasteiger partial charge in [-0.2, -0.15) is 0 Å². The number of hydrogen-bond acceptors (Lipinski definition) is 3. The summed E-state index contributed by atoms with van der Waals surface area (Å²) in [7, 11) is 0. The van der Waals surface area contributed by atoms with Gasteiger partial charge in [-0.05, 0) is 18.8 Å². The molecule has 4 nitrogen and oxygen atoms in total. The Kier molecular flexibility index (Phi) is 6.52. The lowest BCUT2D eigenvalue weighted by molar-refractivity contribution is -0.124. The van der Waals surface area contributed by atoms with Crippen LogP contribution in [0.3, 0.4) is 0 Å². The van der Waals surface area contributed by atoms with E-state index in [0.717, 1.165) is 13.0 Å². The lowest BCUT2D eigenvalue weighted by Crippen LogP contribution is -2.48. The summed E-state index contributed by atoms with van der Waals surface area (Å²) in [5.41, 5.74) is 5.60. The highest BCUT2D eigenvalue weighted by Crippen LogP contribution is 2.16. The average molecular weight is 216 g/mol. The third-order valence-corrected chi connectivity index (χ3v) is 2.18.